The van der Waals surface area contributed by atoms with E-state index < -0.39 is 0 Å². The fourth-order valence-electron chi connectivity index (χ4n) is 4.37. The maximum absolute atomic E-state index is 12.8. The lowest BCUT2D eigenvalue weighted by Crippen LogP contribution is -2.40. The molecule has 5 rings (SSSR count). The minimum Gasteiger partial charge on any atom is -0.486 e. The summed E-state index contributed by atoms with van der Waals surface area (Å²) in [6, 6.07) is 12.3. The predicted molar refractivity (Wildman–Crippen MR) is 117 cm³/mol. The SMILES string of the molecule is CCC1(CC)CC(=O)c2cc(C3=NC(c4ccc5c(c4)N=CC5)=CC3)ccc2O1. The fraction of sp³-hybridized carbons (Fsp3) is 0.320. The van der Waals surface area contributed by atoms with E-state index >= 15 is 0 Å². The van der Waals surface area contributed by atoms with Gasteiger partial charge < -0.3 is 4.74 Å². The van der Waals surface area contributed by atoms with Gasteiger partial charge in [-0.2, -0.15) is 0 Å². The summed E-state index contributed by atoms with van der Waals surface area (Å²) in [4.78, 5) is 22.1. The molecule has 0 saturated carbocycles. The van der Waals surface area contributed by atoms with Crippen LogP contribution in [-0.4, -0.2) is 23.3 Å². The van der Waals surface area contributed by atoms with Gasteiger partial charge in [0.05, 0.1) is 29.1 Å². The van der Waals surface area contributed by atoms with Gasteiger partial charge in [-0.1, -0.05) is 32.1 Å². The molecule has 3 aliphatic rings. The van der Waals surface area contributed by atoms with E-state index in [-0.39, 0.29) is 11.4 Å². The largest absolute Gasteiger partial charge is 0.486 e. The zero-order valence-corrected chi connectivity index (χ0v) is 16.9. The van der Waals surface area contributed by atoms with E-state index in [1.807, 2.05) is 24.4 Å². The molecule has 3 aliphatic heterocycles. The Kier molecular flexibility index (Phi) is 4.23. The first kappa shape index (κ1) is 18.0. The molecular formula is C25H24N2O2. The fourth-order valence-corrected chi connectivity index (χ4v) is 4.37. The van der Waals surface area contributed by atoms with Crippen LogP contribution >= 0.6 is 0 Å². The molecule has 0 fully saturated rings. The van der Waals surface area contributed by atoms with Crippen LogP contribution in [0.1, 0.15) is 66.6 Å². The van der Waals surface area contributed by atoms with Crippen LogP contribution in [0, 0.1) is 0 Å². The second-order valence-corrected chi connectivity index (χ2v) is 8.01. The van der Waals surface area contributed by atoms with E-state index in [2.05, 4.69) is 43.1 Å². The molecule has 4 nitrogen and oxygen atoms in total. The summed E-state index contributed by atoms with van der Waals surface area (Å²) in [6.07, 6.45) is 7.88. The number of aliphatic imine (C=N–C) groups is 2. The van der Waals surface area contributed by atoms with Gasteiger partial charge in [-0.05, 0) is 48.2 Å². The zero-order chi connectivity index (χ0) is 20.0. The maximum Gasteiger partial charge on any atom is 0.170 e. The van der Waals surface area contributed by atoms with Crippen molar-refractivity contribution in [2.24, 2.45) is 9.98 Å². The molecule has 0 bridgehead atoms. The molecule has 29 heavy (non-hydrogen) atoms. The molecule has 0 spiro atoms. The lowest BCUT2D eigenvalue weighted by Gasteiger charge is -2.36. The Bertz CT molecular complexity index is 1100. The number of hydrogen-bond acceptors (Lipinski definition) is 4. The van der Waals surface area contributed by atoms with Crippen molar-refractivity contribution < 1.29 is 9.53 Å². The molecule has 0 amide bonds. The second-order valence-electron chi connectivity index (χ2n) is 8.01. The van der Waals surface area contributed by atoms with Crippen molar-refractivity contribution >= 4 is 29.1 Å². The van der Waals surface area contributed by atoms with Crippen molar-refractivity contribution in [3.8, 4) is 5.75 Å². The number of Topliss-reactive ketones (excluding diaryl/α,β-unsaturated/α-hetero) is 1. The summed E-state index contributed by atoms with van der Waals surface area (Å²) in [7, 11) is 0. The molecule has 2 aromatic rings. The Morgan fingerprint density at radius 2 is 1.86 bits per heavy atom. The van der Waals surface area contributed by atoms with Crippen LogP contribution < -0.4 is 4.74 Å². The van der Waals surface area contributed by atoms with Gasteiger partial charge in [0.1, 0.15) is 11.4 Å². The quantitative estimate of drug-likeness (QED) is 0.679. The lowest BCUT2D eigenvalue weighted by molar-refractivity contribution is 0.0350. The molecule has 4 heteroatoms. The van der Waals surface area contributed by atoms with Crippen LogP contribution in [0.4, 0.5) is 5.69 Å². The van der Waals surface area contributed by atoms with Crippen LogP contribution in [0.25, 0.3) is 5.70 Å². The first-order valence-corrected chi connectivity index (χ1v) is 10.4. The van der Waals surface area contributed by atoms with Crippen molar-refractivity contribution in [1.82, 2.24) is 0 Å². The van der Waals surface area contributed by atoms with Crippen molar-refractivity contribution in [2.45, 2.75) is 51.6 Å². The first-order chi connectivity index (χ1) is 14.1. The molecule has 0 atom stereocenters. The third kappa shape index (κ3) is 3.03. The summed E-state index contributed by atoms with van der Waals surface area (Å²) >= 11 is 0. The number of benzene rings is 2. The summed E-state index contributed by atoms with van der Waals surface area (Å²) in [5, 5.41) is 0. The maximum atomic E-state index is 12.8. The smallest absolute Gasteiger partial charge is 0.170 e. The minimum atomic E-state index is -0.360. The average molecular weight is 384 g/mol. The standard InChI is InChI=1S/C25H24N2O2/c1-3-25(4-2)15-23(28)19-13-17(7-10-24(19)29-25)20-8-9-21(27-20)18-6-5-16-11-12-26-22(16)14-18/h5-7,9-10,12-14H,3-4,8,11,15H2,1-2H3. The highest BCUT2D eigenvalue weighted by Gasteiger charge is 2.37. The van der Waals surface area contributed by atoms with Crippen molar-refractivity contribution in [3.63, 3.8) is 0 Å². The Morgan fingerprint density at radius 1 is 1.03 bits per heavy atom. The van der Waals surface area contributed by atoms with Gasteiger partial charge in [0.15, 0.2) is 5.78 Å². The number of hydrogen-bond donors (Lipinski definition) is 0. The summed E-state index contributed by atoms with van der Waals surface area (Å²) in [6.45, 7) is 4.17. The number of nitrogens with zero attached hydrogens (tertiary/aromatic N) is 2. The van der Waals surface area contributed by atoms with E-state index in [0.29, 0.717) is 17.7 Å². The van der Waals surface area contributed by atoms with Gasteiger partial charge in [-0.25, -0.2) is 0 Å². The Labute approximate surface area is 171 Å². The third-order valence-corrected chi connectivity index (χ3v) is 6.38. The van der Waals surface area contributed by atoms with Gasteiger partial charge >= 0.3 is 0 Å². The van der Waals surface area contributed by atoms with E-state index in [1.165, 1.54) is 5.56 Å². The van der Waals surface area contributed by atoms with Gasteiger partial charge in [-0.3, -0.25) is 14.8 Å². The third-order valence-electron chi connectivity index (χ3n) is 6.38. The van der Waals surface area contributed by atoms with Gasteiger partial charge in [0.25, 0.3) is 0 Å². The number of ether oxygens (including phenoxy) is 1. The highest BCUT2D eigenvalue weighted by molar-refractivity contribution is 6.10. The van der Waals surface area contributed by atoms with Crippen molar-refractivity contribution in [1.29, 1.82) is 0 Å². The topological polar surface area (TPSA) is 51.0 Å². The first-order valence-electron chi connectivity index (χ1n) is 10.4. The van der Waals surface area contributed by atoms with E-state index in [0.717, 1.165) is 53.9 Å². The number of carbonyl (C=O) groups is 1. The minimum absolute atomic E-state index is 0.167. The van der Waals surface area contributed by atoms with E-state index in [1.54, 1.807) is 0 Å². The Balaban J connectivity index is 1.43. The van der Waals surface area contributed by atoms with Crippen molar-refractivity contribution in [2.75, 3.05) is 0 Å². The molecule has 0 aromatic heterocycles. The summed E-state index contributed by atoms with van der Waals surface area (Å²) in [5.74, 6) is 0.872. The molecule has 0 saturated heterocycles. The summed E-state index contributed by atoms with van der Waals surface area (Å²) < 4.78 is 6.25. The number of ketones is 1. The van der Waals surface area contributed by atoms with Crippen LogP contribution in [0.5, 0.6) is 5.75 Å². The van der Waals surface area contributed by atoms with Gasteiger partial charge in [-0.15, -0.1) is 0 Å². The molecule has 0 aliphatic carbocycles. The van der Waals surface area contributed by atoms with Crippen molar-refractivity contribution in [3.05, 3.63) is 64.7 Å². The van der Waals surface area contributed by atoms with Crippen LogP contribution in [0.2, 0.25) is 0 Å². The molecule has 0 N–H and O–H groups in total. The lowest BCUT2D eigenvalue weighted by atomic mass is 9.85. The molecule has 2 aromatic carbocycles. The zero-order valence-electron chi connectivity index (χ0n) is 16.9. The highest BCUT2D eigenvalue weighted by Crippen LogP contribution is 2.38. The van der Waals surface area contributed by atoms with E-state index in [9.17, 15) is 4.79 Å². The van der Waals surface area contributed by atoms with Gasteiger partial charge in [0, 0.05) is 24.6 Å². The second kappa shape index (κ2) is 6.80. The van der Waals surface area contributed by atoms with Crippen LogP contribution in [0.3, 0.4) is 0 Å². The molecule has 0 unspecified atom stereocenters. The molecule has 146 valence electrons. The number of allylic oxidation sites excluding steroid dienone is 1. The molecular weight excluding hydrogens is 360 g/mol. The number of fused-ring (bicyclic) bond motifs is 2. The average Bonchev–Trinajstić information content (AvgIpc) is 3.42. The normalized spacial score (nSPS) is 18.8. The van der Waals surface area contributed by atoms with Gasteiger partial charge in [0.2, 0.25) is 0 Å². The number of rotatable bonds is 4. The number of carbonyl (C=O) groups excluding carboxylic acids is 1. The predicted octanol–water partition coefficient (Wildman–Crippen LogP) is 5.70. The Hall–Kier alpha value is -3.01. The van der Waals surface area contributed by atoms with E-state index in [4.69, 9.17) is 9.73 Å². The monoisotopic (exact) mass is 384 g/mol. The Morgan fingerprint density at radius 3 is 2.69 bits per heavy atom. The molecule has 0 radical (unpaired) electrons. The van der Waals surface area contributed by atoms with Crippen LogP contribution in [0.15, 0.2) is 52.5 Å². The molecule has 3 heterocycles. The highest BCUT2D eigenvalue weighted by atomic mass is 16.5. The van der Waals surface area contributed by atoms with Crippen LogP contribution in [-0.2, 0) is 6.42 Å². The summed E-state index contributed by atoms with van der Waals surface area (Å²) in [5.41, 5.74) is 6.67.